The number of amides is 2. The highest BCUT2D eigenvalue weighted by atomic mass is 16.2. The number of anilines is 1. The van der Waals surface area contributed by atoms with Gasteiger partial charge >= 0.3 is 0 Å². The van der Waals surface area contributed by atoms with E-state index in [1.807, 2.05) is 69.3 Å². The van der Waals surface area contributed by atoms with E-state index in [1.165, 1.54) is 0 Å². The summed E-state index contributed by atoms with van der Waals surface area (Å²) < 4.78 is 0. The van der Waals surface area contributed by atoms with E-state index in [0.717, 1.165) is 16.8 Å². The summed E-state index contributed by atoms with van der Waals surface area (Å²) in [6.07, 6.45) is 0. The van der Waals surface area contributed by atoms with Crippen LogP contribution in [0.15, 0.2) is 48.5 Å². The predicted octanol–water partition coefficient (Wildman–Crippen LogP) is 3.52. The third-order valence-corrected chi connectivity index (χ3v) is 3.51. The average Bonchev–Trinajstić information content (AvgIpc) is 2.54. The lowest BCUT2D eigenvalue weighted by Gasteiger charge is -2.09. The van der Waals surface area contributed by atoms with Crippen molar-refractivity contribution >= 4 is 17.5 Å². The number of benzene rings is 2. The Kier molecular flexibility index (Phi) is 5.52. The van der Waals surface area contributed by atoms with E-state index in [1.54, 1.807) is 0 Å². The van der Waals surface area contributed by atoms with E-state index in [2.05, 4.69) is 10.6 Å². The summed E-state index contributed by atoms with van der Waals surface area (Å²) >= 11 is 0. The van der Waals surface area contributed by atoms with E-state index in [4.69, 9.17) is 0 Å². The van der Waals surface area contributed by atoms with Crippen molar-refractivity contribution in [3.05, 3.63) is 65.2 Å². The number of carbonyl (C=O) groups excluding carboxylic acids is 2. The van der Waals surface area contributed by atoms with Crippen LogP contribution in [0.25, 0.3) is 0 Å². The fourth-order valence-corrected chi connectivity index (χ4v) is 1.98. The maximum absolute atomic E-state index is 12.0. The quantitative estimate of drug-likeness (QED) is 0.887. The van der Waals surface area contributed by atoms with E-state index < -0.39 is 0 Å². The Bertz CT molecular complexity index is 674. The molecule has 0 aliphatic rings. The molecule has 2 N–H and O–H groups in total. The first-order valence-electron chi connectivity index (χ1n) is 7.70. The third-order valence-electron chi connectivity index (χ3n) is 3.51. The molecule has 0 heterocycles. The molecule has 2 amide bonds. The predicted molar refractivity (Wildman–Crippen MR) is 92.3 cm³/mol. The highest BCUT2D eigenvalue weighted by Gasteiger charge is 2.07. The van der Waals surface area contributed by atoms with Crippen molar-refractivity contribution in [2.24, 2.45) is 5.92 Å². The molecule has 0 saturated heterocycles. The van der Waals surface area contributed by atoms with Crippen LogP contribution in [0.1, 0.15) is 35.3 Å². The standard InChI is InChI=1S/C19H22N2O2/c1-13(2)18(22)21-17-10-6-15(7-11-17)12-20-19(23)16-8-4-14(3)5-9-16/h4-11,13H,12H2,1-3H3,(H,20,23)(H,21,22). The van der Waals surface area contributed by atoms with Crippen LogP contribution in [0.3, 0.4) is 0 Å². The van der Waals surface area contributed by atoms with Gasteiger partial charge in [0, 0.05) is 23.7 Å². The summed E-state index contributed by atoms with van der Waals surface area (Å²) in [4.78, 5) is 23.7. The first-order valence-corrected chi connectivity index (χ1v) is 7.70. The van der Waals surface area contributed by atoms with E-state index in [0.29, 0.717) is 12.1 Å². The van der Waals surface area contributed by atoms with Gasteiger partial charge in [0.2, 0.25) is 5.91 Å². The molecule has 2 aromatic rings. The molecule has 0 atom stereocenters. The summed E-state index contributed by atoms with van der Waals surface area (Å²) in [5, 5.41) is 5.73. The van der Waals surface area contributed by atoms with Crippen LogP contribution < -0.4 is 10.6 Å². The fraction of sp³-hybridized carbons (Fsp3) is 0.263. The van der Waals surface area contributed by atoms with E-state index in [9.17, 15) is 9.59 Å². The summed E-state index contributed by atoms with van der Waals surface area (Å²) in [7, 11) is 0. The smallest absolute Gasteiger partial charge is 0.251 e. The van der Waals surface area contributed by atoms with Gasteiger partial charge in [-0.1, -0.05) is 43.7 Å². The zero-order chi connectivity index (χ0) is 16.8. The molecule has 2 rings (SSSR count). The molecule has 0 aromatic heterocycles. The number of nitrogens with one attached hydrogen (secondary N) is 2. The number of rotatable bonds is 5. The van der Waals surface area contributed by atoms with Gasteiger partial charge in [0.25, 0.3) is 5.91 Å². The Morgan fingerprint density at radius 3 is 2.13 bits per heavy atom. The molecule has 0 aliphatic carbocycles. The largest absolute Gasteiger partial charge is 0.348 e. The summed E-state index contributed by atoms with van der Waals surface area (Å²) in [5.41, 5.74) is 3.52. The number of carbonyl (C=O) groups is 2. The zero-order valence-electron chi connectivity index (χ0n) is 13.7. The molecule has 0 aliphatic heterocycles. The molecule has 0 unspecified atom stereocenters. The van der Waals surface area contributed by atoms with Crippen molar-refractivity contribution in [3.63, 3.8) is 0 Å². The van der Waals surface area contributed by atoms with Gasteiger partial charge in [0.15, 0.2) is 0 Å². The topological polar surface area (TPSA) is 58.2 Å². The lowest BCUT2D eigenvalue weighted by Crippen LogP contribution is -2.22. The second-order valence-electron chi connectivity index (χ2n) is 5.89. The van der Waals surface area contributed by atoms with Gasteiger partial charge in [-0.25, -0.2) is 0 Å². The zero-order valence-corrected chi connectivity index (χ0v) is 13.7. The van der Waals surface area contributed by atoms with Crippen molar-refractivity contribution < 1.29 is 9.59 Å². The first kappa shape index (κ1) is 16.7. The number of hydrogen-bond donors (Lipinski definition) is 2. The fourth-order valence-electron chi connectivity index (χ4n) is 1.98. The molecule has 0 radical (unpaired) electrons. The summed E-state index contributed by atoms with van der Waals surface area (Å²) in [5.74, 6) is -0.156. The van der Waals surface area contributed by atoms with Gasteiger partial charge in [-0.3, -0.25) is 9.59 Å². The van der Waals surface area contributed by atoms with Gasteiger partial charge in [-0.15, -0.1) is 0 Å². The molecule has 4 heteroatoms. The molecule has 120 valence electrons. The van der Waals surface area contributed by atoms with Crippen molar-refractivity contribution in [1.82, 2.24) is 5.32 Å². The van der Waals surface area contributed by atoms with Gasteiger partial charge in [0.05, 0.1) is 0 Å². The van der Waals surface area contributed by atoms with Crippen LogP contribution in [0.4, 0.5) is 5.69 Å². The SMILES string of the molecule is Cc1ccc(C(=O)NCc2ccc(NC(=O)C(C)C)cc2)cc1. The monoisotopic (exact) mass is 310 g/mol. The second-order valence-corrected chi connectivity index (χ2v) is 5.89. The summed E-state index contributed by atoms with van der Waals surface area (Å²) in [6.45, 7) is 6.14. The van der Waals surface area contributed by atoms with Gasteiger partial charge < -0.3 is 10.6 Å². The van der Waals surface area contributed by atoms with Crippen LogP contribution >= 0.6 is 0 Å². The van der Waals surface area contributed by atoms with Crippen molar-refractivity contribution in [3.8, 4) is 0 Å². The average molecular weight is 310 g/mol. The van der Waals surface area contributed by atoms with Crippen LogP contribution in [0.5, 0.6) is 0 Å². The van der Waals surface area contributed by atoms with Crippen molar-refractivity contribution in [2.75, 3.05) is 5.32 Å². The van der Waals surface area contributed by atoms with Crippen LogP contribution in [0, 0.1) is 12.8 Å². The molecule has 0 fully saturated rings. The highest BCUT2D eigenvalue weighted by Crippen LogP contribution is 2.11. The first-order chi connectivity index (χ1) is 11.0. The Hall–Kier alpha value is -2.62. The third kappa shape index (κ3) is 4.95. The Morgan fingerprint density at radius 2 is 1.57 bits per heavy atom. The minimum Gasteiger partial charge on any atom is -0.348 e. The van der Waals surface area contributed by atoms with E-state index in [-0.39, 0.29) is 17.7 Å². The van der Waals surface area contributed by atoms with Gasteiger partial charge in [-0.2, -0.15) is 0 Å². The minimum atomic E-state index is -0.0952. The Labute approximate surface area is 136 Å². The molecule has 0 bridgehead atoms. The van der Waals surface area contributed by atoms with Crippen LogP contribution in [0.2, 0.25) is 0 Å². The second kappa shape index (κ2) is 7.58. The molecule has 23 heavy (non-hydrogen) atoms. The van der Waals surface area contributed by atoms with Crippen molar-refractivity contribution in [2.45, 2.75) is 27.3 Å². The maximum Gasteiger partial charge on any atom is 0.251 e. The molecular formula is C19H22N2O2. The summed E-state index contributed by atoms with van der Waals surface area (Å²) in [6, 6.07) is 14.9. The van der Waals surface area contributed by atoms with Crippen LogP contribution in [-0.4, -0.2) is 11.8 Å². The Morgan fingerprint density at radius 1 is 0.957 bits per heavy atom. The highest BCUT2D eigenvalue weighted by molar-refractivity contribution is 5.94. The molecule has 4 nitrogen and oxygen atoms in total. The maximum atomic E-state index is 12.0. The molecular weight excluding hydrogens is 288 g/mol. The number of hydrogen-bond acceptors (Lipinski definition) is 2. The lowest BCUT2D eigenvalue weighted by molar-refractivity contribution is -0.118. The Balaban J connectivity index is 1.90. The van der Waals surface area contributed by atoms with Gasteiger partial charge in [0.1, 0.15) is 0 Å². The normalized spacial score (nSPS) is 10.4. The number of aryl methyl sites for hydroxylation is 1. The van der Waals surface area contributed by atoms with Crippen molar-refractivity contribution in [1.29, 1.82) is 0 Å². The van der Waals surface area contributed by atoms with E-state index >= 15 is 0 Å². The van der Waals surface area contributed by atoms with Gasteiger partial charge in [-0.05, 0) is 36.8 Å². The molecule has 2 aromatic carbocycles. The lowest BCUT2D eigenvalue weighted by atomic mass is 10.1. The molecule has 0 spiro atoms. The molecule has 0 saturated carbocycles. The van der Waals surface area contributed by atoms with Crippen LogP contribution in [-0.2, 0) is 11.3 Å². The minimum absolute atomic E-state index is 0.00887.